The van der Waals surface area contributed by atoms with Crippen molar-refractivity contribution < 1.29 is 17.9 Å². The molecule has 0 spiro atoms. The molecule has 0 aliphatic carbocycles. The molecule has 9 heteroatoms. The second-order valence-electron chi connectivity index (χ2n) is 7.56. The first-order valence-corrected chi connectivity index (χ1v) is 11.8. The Morgan fingerprint density at radius 3 is 2.37 bits per heavy atom. The molecular weight excluding hydrogens is 447 g/mol. The van der Waals surface area contributed by atoms with Gasteiger partial charge >= 0.3 is 0 Å². The van der Waals surface area contributed by atoms with Gasteiger partial charge in [-0.3, -0.25) is 9.52 Å². The fraction of sp³-hybridized carbons (Fsp3) is 0.381. The number of nitrogens with one attached hydrogen (secondary N) is 1. The predicted molar refractivity (Wildman–Crippen MR) is 119 cm³/mol. The number of halogens is 2. The van der Waals surface area contributed by atoms with Crippen LogP contribution in [-0.2, 0) is 14.8 Å². The number of carbonyl (C=O) groups excluding carboxylic acids is 1. The van der Waals surface area contributed by atoms with Crippen LogP contribution in [0, 0.1) is 13.8 Å². The zero-order valence-electron chi connectivity index (χ0n) is 17.2. The number of carbonyl (C=O) groups is 1. The van der Waals surface area contributed by atoms with E-state index in [0.717, 1.165) is 0 Å². The molecule has 1 saturated heterocycles. The fourth-order valence-corrected chi connectivity index (χ4v) is 5.90. The molecular formula is C21H24Cl2N2O4S. The van der Waals surface area contributed by atoms with Gasteiger partial charge in [0.15, 0.2) is 0 Å². The van der Waals surface area contributed by atoms with Crippen molar-refractivity contribution in [2.45, 2.75) is 44.8 Å². The van der Waals surface area contributed by atoms with Crippen LogP contribution in [0.2, 0.25) is 10.0 Å². The van der Waals surface area contributed by atoms with Crippen molar-refractivity contribution in [1.82, 2.24) is 4.90 Å². The maximum atomic E-state index is 13.2. The second kappa shape index (κ2) is 8.75. The third-order valence-electron chi connectivity index (χ3n) is 4.96. The van der Waals surface area contributed by atoms with Crippen LogP contribution < -0.4 is 4.72 Å². The molecule has 2 atom stereocenters. The highest BCUT2D eigenvalue weighted by Gasteiger charge is 2.30. The molecule has 1 amide bonds. The maximum absolute atomic E-state index is 13.2. The van der Waals surface area contributed by atoms with Crippen LogP contribution in [0.15, 0.2) is 35.2 Å². The molecule has 3 rings (SSSR count). The summed E-state index contributed by atoms with van der Waals surface area (Å²) in [6, 6.07) is 8.13. The molecule has 2 aromatic rings. The molecule has 1 heterocycles. The number of amides is 1. The number of benzene rings is 2. The van der Waals surface area contributed by atoms with Crippen LogP contribution in [-0.4, -0.2) is 44.5 Å². The smallest absolute Gasteiger partial charge is 0.263 e. The van der Waals surface area contributed by atoms with Gasteiger partial charge in [0, 0.05) is 18.1 Å². The van der Waals surface area contributed by atoms with Gasteiger partial charge in [-0.25, -0.2) is 8.42 Å². The van der Waals surface area contributed by atoms with E-state index in [1.54, 1.807) is 49.1 Å². The number of aryl methyl sites for hydroxylation is 1. The molecule has 30 heavy (non-hydrogen) atoms. The summed E-state index contributed by atoms with van der Waals surface area (Å²) in [5, 5.41) is 0.405. The zero-order valence-corrected chi connectivity index (χ0v) is 19.5. The molecule has 2 aromatic carbocycles. The Morgan fingerprint density at radius 2 is 1.73 bits per heavy atom. The van der Waals surface area contributed by atoms with E-state index in [9.17, 15) is 13.2 Å². The highest BCUT2D eigenvalue weighted by Crippen LogP contribution is 2.35. The first kappa shape index (κ1) is 22.9. The summed E-state index contributed by atoms with van der Waals surface area (Å²) in [4.78, 5) is 14.7. The van der Waals surface area contributed by atoms with E-state index < -0.39 is 10.0 Å². The molecule has 2 unspecified atom stereocenters. The Morgan fingerprint density at radius 1 is 1.13 bits per heavy atom. The number of hydrogen-bond acceptors (Lipinski definition) is 4. The maximum Gasteiger partial charge on any atom is 0.263 e. The Balaban J connectivity index is 1.99. The summed E-state index contributed by atoms with van der Waals surface area (Å²) in [6.07, 6.45) is -0.199. The number of morpholine rings is 1. The third kappa shape index (κ3) is 4.59. The predicted octanol–water partition coefficient (Wildman–Crippen LogP) is 4.66. The van der Waals surface area contributed by atoms with Gasteiger partial charge in [0.25, 0.3) is 15.9 Å². The standard InChI is InChI=1S/C21H24Cl2N2O4S/c1-12-9-17(22)15(4)20(19(12)23)30(27,28)24-18-8-6-5-7-16(18)21(26)25-10-13(2)29-14(3)11-25/h5-9,13-14,24H,10-11H2,1-4H3. The number of nitrogens with zero attached hydrogens (tertiary/aromatic N) is 1. The number of para-hydroxylation sites is 1. The second-order valence-corrected chi connectivity index (χ2v) is 9.97. The first-order valence-electron chi connectivity index (χ1n) is 9.53. The molecule has 1 aliphatic heterocycles. The Bertz CT molecular complexity index is 1050. The van der Waals surface area contributed by atoms with Crippen LogP contribution in [0.5, 0.6) is 0 Å². The summed E-state index contributed by atoms with van der Waals surface area (Å²) in [7, 11) is -4.09. The van der Waals surface area contributed by atoms with E-state index >= 15 is 0 Å². The molecule has 0 saturated carbocycles. The molecule has 1 fully saturated rings. The average Bonchev–Trinajstić information content (AvgIpc) is 2.65. The van der Waals surface area contributed by atoms with E-state index in [1.165, 1.54) is 0 Å². The number of rotatable bonds is 4. The van der Waals surface area contributed by atoms with Gasteiger partial charge in [-0.1, -0.05) is 35.3 Å². The minimum Gasteiger partial charge on any atom is -0.372 e. The van der Waals surface area contributed by atoms with Gasteiger partial charge in [0.05, 0.1) is 28.5 Å². The molecule has 1 aliphatic rings. The number of ether oxygens (including phenoxy) is 1. The Labute approximate surface area is 187 Å². The molecule has 6 nitrogen and oxygen atoms in total. The summed E-state index contributed by atoms with van der Waals surface area (Å²) in [5.41, 5.74) is 1.34. The van der Waals surface area contributed by atoms with Crippen molar-refractivity contribution in [3.63, 3.8) is 0 Å². The minimum atomic E-state index is -4.09. The lowest BCUT2D eigenvalue weighted by Gasteiger charge is -2.35. The van der Waals surface area contributed by atoms with Gasteiger partial charge in [0.2, 0.25) is 0 Å². The third-order valence-corrected chi connectivity index (χ3v) is 7.49. The number of sulfonamides is 1. The normalized spacial score (nSPS) is 19.6. The van der Waals surface area contributed by atoms with Crippen LogP contribution in [0.25, 0.3) is 0 Å². The Hall–Kier alpha value is -1.80. The van der Waals surface area contributed by atoms with E-state index in [0.29, 0.717) is 29.2 Å². The highest BCUT2D eigenvalue weighted by molar-refractivity contribution is 7.93. The van der Waals surface area contributed by atoms with E-state index in [-0.39, 0.29) is 39.3 Å². The molecule has 162 valence electrons. The van der Waals surface area contributed by atoms with Crippen molar-refractivity contribution in [2.75, 3.05) is 17.8 Å². The van der Waals surface area contributed by atoms with Gasteiger partial charge in [-0.2, -0.15) is 0 Å². The van der Waals surface area contributed by atoms with E-state index in [1.807, 2.05) is 13.8 Å². The summed E-state index contributed by atoms with van der Waals surface area (Å²) < 4.78 is 34.6. The van der Waals surface area contributed by atoms with Crippen LogP contribution in [0.4, 0.5) is 5.69 Å². The lowest BCUT2D eigenvalue weighted by atomic mass is 10.1. The van der Waals surface area contributed by atoms with Crippen LogP contribution in [0.3, 0.4) is 0 Å². The number of hydrogen-bond donors (Lipinski definition) is 1. The van der Waals surface area contributed by atoms with E-state index in [4.69, 9.17) is 27.9 Å². The van der Waals surface area contributed by atoms with Crippen molar-refractivity contribution in [3.05, 3.63) is 57.1 Å². The summed E-state index contributed by atoms with van der Waals surface area (Å²) in [5.74, 6) is -0.264. The summed E-state index contributed by atoms with van der Waals surface area (Å²) >= 11 is 12.5. The van der Waals surface area contributed by atoms with Crippen LogP contribution >= 0.6 is 23.2 Å². The van der Waals surface area contributed by atoms with Gasteiger partial charge in [-0.15, -0.1) is 0 Å². The topological polar surface area (TPSA) is 75.7 Å². The number of anilines is 1. The molecule has 0 bridgehead atoms. The minimum absolute atomic E-state index is 0.0926. The zero-order chi connectivity index (χ0) is 22.2. The lowest BCUT2D eigenvalue weighted by molar-refractivity contribution is -0.0585. The van der Waals surface area contributed by atoms with Crippen molar-refractivity contribution in [1.29, 1.82) is 0 Å². The fourth-order valence-electron chi connectivity index (χ4n) is 3.60. The molecule has 0 aromatic heterocycles. The monoisotopic (exact) mass is 470 g/mol. The van der Waals surface area contributed by atoms with Crippen LogP contribution in [0.1, 0.15) is 35.3 Å². The van der Waals surface area contributed by atoms with Gasteiger partial charge < -0.3 is 9.64 Å². The van der Waals surface area contributed by atoms with Crippen molar-refractivity contribution in [3.8, 4) is 0 Å². The first-order chi connectivity index (χ1) is 14.0. The quantitative estimate of drug-likeness (QED) is 0.704. The largest absolute Gasteiger partial charge is 0.372 e. The SMILES string of the molecule is Cc1cc(Cl)c(C)c(S(=O)(=O)Nc2ccccc2C(=O)N2CC(C)OC(C)C2)c1Cl. The van der Waals surface area contributed by atoms with Crippen molar-refractivity contribution in [2.24, 2.45) is 0 Å². The van der Waals surface area contributed by atoms with Gasteiger partial charge in [-0.05, 0) is 57.0 Å². The van der Waals surface area contributed by atoms with E-state index in [2.05, 4.69) is 4.72 Å². The Kier molecular flexibility index (Phi) is 6.67. The van der Waals surface area contributed by atoms with Gasteiger partial charge in [0.1, 0.15) is 4.90 Å². The molecule has 0 radical (unpaired) electrons. The lowest BCUT2D eigenvalue weighted by Crippen LogP contribution is -2.48. The van der Waals surface area contributed by atoms with Crippen molar-refractivity contribution >= 4 is 44.8 Å². The average molecular weight is 471 g/mol. The molecule has 1 N–H and O–H groups in total. The highest BCUT2D eigenvalue weighted by atomic mass is 35.5. The summed E-state index contributed by atoms with van der Waals surface area (Å²) in [6.45, 7) is 7.94.